The van der Waals surface area contributed by atoms with Crippen molar-refractivity contribution >= 4 is 22.2 Å². The third-order valence-corrected chi connectivity index (χ3v) is 5.55. The minimum atomic E-state index is -0.245. The molecule has 162 valence electrons. The van der Waals surface area contributed by atoms with Crippen LogP contribution >= 0.6 is 0 Å². The molecule has 0 unspecified atom stereocenters. The summed E-state index contributed by atoms with van der Waals surface area (Å²) in [5, 5.41) is 8.86. The van der Waals surface area contributed by atoms with Gasteiger partial charge in [-0.2, -0.15) is 5.10 Å². The Hall–Kier alpha value is -3.06. The summed E-state index contributed by atoms with van der Waals surface area (Å²) >= 11 is 0. The standard InChI is InChI=1S/C24H29FN6/c1-4-10-30(11-6-8-26-5-2)18-14-28-24-21(15-29-31(24)16-18)19-7-9-27-23-13-22(25)17(3)12-20(19)23/h7,9,12-16,26H,4-6,8,10-11H2,1-3H3. The lowest BCUT2D eigenvalue weighted by molar-refractivity contribution is 0.620. The molecule has 1 aromatic carbocycles. The van der Waals surface area contributed by atoms with Crippen molar-refractivity contribution in [2.24, 2.45) is 0 Å². The zero-order chi connectivity index (χ0) is 21.8. The van der Waals surface area contributed by atoms with Gasteiger partial charge in [0.2, 0.25) is 0 Å². The van der Waals surface area contributed by atoms with Crippen molar-refractivity contribution in [2.75, 3.05) is 31.1 Å². The highest BCUT2D eigenvalue weighted by Gasteiger charge is 2.15. The zero-order valence-corrected chi connectivity index (χ0v) is 18.4. The van der Waals surface area contributed by atoms with E-state index < -0.39 is 0 Å². The minimum absolute atomic E-state index is 0.245. The van der Waals surface area contributed by atoms with Gasteiger partial charge in [-0.1, -0.05) is 13.8 Å². The molecule has 0 bridgehead atoms. The van der Waals surface area contributed by atoms with Crippen LogP contribution in [0.5, 0.6) is 0 Å². The summed E-state index contributed by atoms with van der Waals surface area (Å²) in [4.78, 5) is 11.5. The number of benzene rings is 1. The molecule has 0 amide bonds. The molecular weight excluding hydrogens is 391 g/mol. The molecule has 6 nitrogen and oxygen atoms in total. The van der Waals surface area contributed by atoms with E-state index in [1.165, 1.54) is 6.07 Å². The van der Waals surface area contributed by atoms with Crippen LogP contribution in [0.4, 0.5) is 10.1 Å². The fraction of sp³-hybridized carbons (Fsp3) is 0.375. The number of fused-ring (bicyclic) bond motifs is 2. The van der Waals surface area contributed by atoms with Crippen molar-refractivity contribution < 1.29 is 4.39 Å². The van der Waals surface area contributed by atoms with Crippen LogP contribution in [0.25, 0.3) is 27.7 Å². The van der Waals surface area contributed by atoms with E-state index in [2.05, 4.69) is 34.1 Å². The maximum atomic E-state index is 14.0. The fourth-order valence-corrected chi connectivity index (χ4v) is 3.94. The van der Waals surface area contributed by atoms with E-state index in [-0.39, 0.29) is 5.82 Å². The largest absolute Gasteiger partial charge is 0.369 e. The maximum Gasteiger partial charge on any atom is 0.162 e. The number of nitrogens with one attached hydrogen (secondary N) is 1. The second-order valence-corrected chi connectivity index (χ2v) is 7.81. The van der Waals surface area contributed by atoms with Crippen LogP contribution in [-0.2, 0) is 0 Å². The average Bonchev–Trinajstić information content (AvgIpc) is 3.19. The van der Waals surface area contributed by atoms with Crippen LogP contribution in [0.1, 0.15) is 32.3 Å². The van der Waals surface area contributed by atoms with Crippen molar-refractivity contribution in [1.29, 1.82) is 0 Å². The Balaban J connectivity index is 1.69. The number of halogens is 1. The molecule has 31 heavy (non-hydrogen) atoms. The molecule has 0 aliphatic heterocycles. The SMILES string of the molecule is CCCN(CCCNCC)c1cnc2c(-c3ccnc4cc(F)c(C)cc34)cnn2c1. The number of aryl methyl sites for hydroxylation is 1. The Bertz CT molecular complexity index is 1190. The summed E-state index contributed by atoms with van der Waals surface area (Å²) in [5.41, 5.74) is 4.95. The lowest BCUT2D eigenvalue weighted by Gasteiger charge is -2.24. The molecule has 4 rings (SSSR count). The summed E-state index contributed by atoms with van der Waals surface area (Å²) in [5.74, 6) is -0.245. The summed E-state index contributed by atoms with van der Waals surface area (Å²) in [7, 11) is 0. The number of nitrogens with zero attached hydrogens (tertiary/aromatic N) is 5. The molecule has 1 N–H and O–H groups in total. The van der Waals surface area contributed by atoms with Crippen molar-refractivity contribution in [3.05, 3.63) is 54.4 Å². The lowest BCUT2D eigenvalue weighted by atomic mass is 10.0. The first-order valence-corrected chi connectivity index (χ1v) is 11.0. The lowest BCUT2D eigenvalue weighted by Crippen LogP contribution is -2.28. The van der Waals surface area contributed by atoms with Gasteiger partial charge in [-0.15, -0.1) is 0 Å². The Morgan fingerprint density at radius 3 is 2.77 bits per heavy atom. The van der Waals surface area contributed by atoms with E-state index in [1.54, 1.807) is 13.1 Å². The molecule has 0 atom stereocenters. The van der Waals surface area contributed by atoms with E-state index in [4.69, 9.17) is 4.98 Å². The van der Waals surface area contributed by atoms with Crippen molar-refractivity contribution in [3.8, 4) is 11.1 Å². The third kappa shape index (κ3) is 4.37. The molecule has 0 aliphatic rings. The quantitative estimate of drug-likeness (QED) is 0.401. The van der Waals surface area contributed by atoms with E-state index in [1.807, 2.05) is 35.2 Å². The Kier molecular flexibility index (Phi) is 6.42. The van der Waals surface area contributed by atoms with Gasteiger partial charge in [-0.3, -0.25) is 4.98 Å². The van der Waals surface area contributed by atoms with E-state index in [9.17, 15) is 4.39 Å². The number of pyridine rings is 1. The summed E-state index contributed by atoms with van der Waals surface area (Å²) in [6, 6.07) is 5.27. The van der Waals surface area contributed by atoms with Gasteiger partial charge in [0.15, 0.2) is 5.65 Å². The number of aromatic nitrogens is 4. The minimum Gasteiger partial charge on any atom is -0.369 e. The van der Waals surface area contributed by atoms with Gasteiger partial charge in [-0.25, -0.2) is 13.9 Å². The number of anilines is 1. The molecule has 0 radical (unpaired) electrons. The van der Waals surface area contributed by atoms with Crippen LogP contribution in [0, 0.1) is 12.7 Å². The Morgan fingerprint density at radius 1 is 1.10 bits per heavy atom. The first-order chi connectivity index (χ1) is 15.1. The van der Waals surface area contributed by atoms with Crippen LogP contribution in [0.3, 0.4) is 0 Å². The summed E-state index contributed by atoms with van der Waals surface area (Å²) in [6.07, 6.45) is 9.66. The Morgan fingerprint density at radius 2 is 1.97 bits per heavy atom. The predicted molar refractivity (Wildman–Crippen MR) is 124 cm³/mol. The van der Waals surface area contributed by atoms with Gasteiger partial charge >= 0.3 is 0 Å². The first kappa shape index (κ1) is 21.2. The highest BCUT2D eigenvalue weighted by molar-refractivity contribution is 5.98. The monoisotopic (exact) mass is 420 g/mol. The number of rotatable bonds is 9. The average molecular weight is 421 g/mol. The summed E-state index contributed by atoms with van der Waals surface area (Å²) < 4.78 is 15.8. The van der Waals surface area contributed by atoms with Gasteiger partial charge in [0.05, 0.1) is 29.8 Å². The van der Waals surface area contributed by atoms with E-state index in [0.29, 0.717) is 11.1 Å². The van der Waals surface area contributed by atoms with E-state index >= 15 is 0 Å². The highest BCUT2D eigenvalue weighted by Crippen LogP contribution is 2.31. The Labute approximate surface area is 182 Å². The fourth-order valence-electron chi connectivity index (χ4n) is 3.94. The summed E-state index contributed by atoms with van der Waals surface area (Å²) in [6.45, 7) is 10.0. The van der Waals surface area contributed by atoms with Crippen LogP contribution < -0.4 is 10.2 Å². The van der Waals surface area contributed by atoms with Crippen molar-refractivity contribution in [2.45, 2.75) is 33.6 Å². The van der Waals surface area contributed by atoms with Crippen LogP contribution in [-0.4, -0.2) is 45.8 Å². The van der Waals surface area contributed by atoms with Gasteiger partial charge in [-0.05, 0) is 56.1 Å². The molecule has 0 saturated heterocycles. The number of hydrogen-bond donors (Lipinski definition) is 1. The van der Waals surface area contributed by atoms with Gasteiger partial charge in [0, 0.05) is 36.3 Å². The molecular formula is C24H29FN6. The molecule has 0 fully saturated rings. The molecule has 3 aromatic heterocycles. The van der Waals surface area contributed by atoms with Crippen molar-refractivity contribution in [3.63, 3.8) is 0 Å². The molecule has 7 heteroatoms. The molecule has 4 aromatic rings. The smallest absolute Gasteiger partial charge is 0.162 e. The third-order valence-electron chi connectivity index (χ3n) is 5.55. The van der Waals surface area contributed by atoms with Gasteiger partial charge < -0.3 is 10.2 Å². The topological polar surface area (TPSA) is 58.3 Å². The molecule has 0 aliphatic carbocycles. The normalized spacial score (nSPS) is 11.5. The zero-order valence-electron chi connectivity index (χ0n) is 18.4. The van der Waals surface area contributed by atoms with Gasteiger partial charge in [0.1, 0.15) is 5.82 Å². The van der Waals surface area contributed by atoms with Crippen LogP contribution in [0.2, 0.25) is 0 Å². The molecule has 0 saturated carbocycles. The second kappa shape index (κ2) is 9.39. The molecule has 3 heterocycles. The number of hydrogen-bond acceptors (Lipinski definition) is 5. The highest BCUT2D eigenvalue weighted by atomic mass is 19.1. The van der Waals surface area contributed by atoms with E-state index in [0.717, 1.165) is 66.9 Å². The second-order valence-electron chi connectivity index (χ2n) is 7.81. The molecule has 0 spiro atoms. The van der Waals surface area contributed by atoms with Crippen molar-refractivity contribution in [1.82, 2.24) is 24.9 Å². The van der Waals surface area contributed by atoms with Crippen LogP contribution in [0.15, 0.2) is 43.0 Å². The first-order valence-electron chi connectivity index (χ1n) is 11.0. The van der Waals surface area contributed by atoms with Gasteiger partial charge in [0.25, 0.3) is 0 Å². The maximum absolute atomic E-state index is 14.0. The predicted octanol–water partition coefficient (Wildman–Crippen LogP) is 4.61.